The van der Waals surface area contributed by atoms with Crippen LogP contribution in [0.3, 0.4) is 0 Å². The number of rotatable bonds is 8. The van der Waals surface area contributed by atoms with Gasteiger partial charge in [-0.15, -0.1) is 24.8 Å². The summed E-state index contributed by atoms with van der Waals surface area (Å²) in [5.41, 5.74) is 1.11. The van der Waals surface area contributed by atoms with Crippen LogP contribution in [-0.4, -0.2) is 41.9 Å². The van der Waals surface area contributed by atoms with Crippen molar-refractivity contribution in [2.75, 3.05) is 19.6 Å². The molecule has 1 aromatic carbocycles. The van der Waals surface area contributed by atoms with Gasteiger partial charge in [0.05, 0.1) is 11.7 Å². The number of hydrogen-bond acceptors (Lipinski definition) is 4. The second-order valence-corrected chi connectivity index (χ2v) is 4.19. The average molecular weight is 325 g/mol. The number of halogens is 2. The van der Waals surface area contributed by atoms with E-state index in [1.54, 1.807) is 25.1 Å². The maximum absolute atomic E-state index is 11.0. The smallest absolute Gasteiger partial charge is 0.336 e. The van der Waals surface area contributed by atoms with Crippen molar-refractivity contribution in [1.29, 1.82) is 0 Å². The van der Waals surface area contributed by atoms with Crippen LogP contribution in [0.25, 0.3) is 0 Å². The van der Waals surface area contributed by atoms with Gasteiger partial charge in [0.2, 0.25) is 0 Å². The summed E-state index contributed by atoms with van der Waals surface area (Å²) in [6.45, 7) is 4.27. The first-order valence-electron chi connectivity index (χ1n) is 6.02. The third-order valence-corrected chi connectivity index (χ3v) is 2.48. The van der Waals surface area contributed by atoms with Crippen molar-refractivity contribution in [2.45, 2.75) is 19.6 Å². The highest BCUT2D eigenvalue weighted by molar-refractivity contribution is 5.89. The van der Waals surface area contributed by atoms with Crippen molar-refractivity contribution < 1.29 is 15.0 Å². The zero-order valence-corrected chi connectivity index (χ0v) is 13.0. The Balaban J connectivity index is 0. The van der Waals surface area contributed by atoms with E-state index in [1.165, 1.54) is 0 Å². The summed E-state index contributed by atoms with van der Waals surface area (Å²) in [7, 11) is 0. The summed E-state index contributed by atoms with van der Waals surface area (Å²) in [5.74, 6) is -0.903. The summed E-state index contributed by atoms with van der Waals surface area (Å²) < 4.78 is 0. The number of aliphatic hydroxyl groups is 1. The second kappa shape index (κ2) is 11.9. The van der Waals surface area contributed by atoms with Crippen molar-refractivity contribution in [1.82, 2.24) is 10.6 Å². The SMILES string of the molecule is CC(O)CNCCNCc1ccccc1C(=O)O.Cl.Cl. The highest BCUT2D eigenvalue weighted by Crippen LogP contribution is 2.07. The van der Waals surface area contributed by atoms with Gasteiger partial charge in [0, 0.05) is 26.2 Å². The minimum absolute atomic E-state index is 0. The lowest BCUT2D eigenvalue weighted by Gasteiger charge is -2.09. The predicted molar refractivity (Wildman–Crippen MR) is 84.2 cm³/mol. The van der Waals surface area contributed by atoms with E-state index < -0.39 is 5.97 Å². The van der Waals surface area contributed by atoms with Gasteiger partial charge in [-0.05, 0) is 18.6 Å². The molecule has 0 aliphatic rings. The van der Waals surface area contributed by atoms with Crippen LogP contribution in [-0.2, 0) is 6.54 Å². The number of hydrogen-bond donors (Lipinski definition) is 4. The lowest BCUT2D eigenvalue weighted by molar-refractivity contribution is 0.0695. The summed E-state index contributed by atoms with van der Waals surface area (Å²) in [4.78, 5) is 11.0. The number of benzene rings is 1. The molecule has 0 radical (unpaired) electrons. The number of carboxylic acids is 1. The maximum Gasteiger partial charge on any atom is 0.336 e. The second-order valence-electron chi connectivity index (χ2n) is 4.19. The fourth-order valence-electron chi connectivity index (χ4n) is 1.59. The molecule has 0 aliphatic heterocycles. The lowest BCUT2D eigenvalue weighted by atomic mass is 10.1. The van der Waals surface area contributed by atoms with Crippen molar-refractivity contribution in [2.24, 2.45) is 0 Å². The quantitative estimate of drug-likeness (QED) is 0.542. The van der Waals surface area contributed by atoms with Crippen LogP contribution in [0.2, 0.25) is 0 Å². The molecule has 0 heterocycles. The van der Waals surface area contributed by atoms with Gasteiger partial charge >= 0.3 is 5.97 Å². The van der Waals surface area contributed by atoms with Gasteiger partial charge in [-0.1, -0.05) is 18.2 Å². The zero-order chi connectivity index (χ0) is 13.4. The molecule has 0 spiro atoms. The van der Waals surface area contributed by atoms with E-state index in [0.29, 0.717) is 18.7 Å². The number of carbonyl (C=O) groups is 1. The Hall–Kier alpha value is -0.850. The third-order valence-electron chi connectivity index (χ3n) is 2.48. The molecule has 0 aliphatic carbocycles. The first kappa shape index (κ1) is 21.4. The van der Waals surface area contributed by atoms with Crippen molar-refractivity contribution in [3.05, 3.63) is 35.4 Å². The largest absolute Gasteiger partial charge is 0.478 e. The summed E-state index contributed by atoms with van der Waals surface area (Å²) in [6.07, 6.45) is -0.349. The highest BCUT2D eigenvalue weighted by atomic mass is 35.5. The minimum Gasteiger partial charge on any atom is -0.478 e. The van der Waals surface area contributed by atoms with Crippen LogP contribution < -0.4 is 10.6 Å². The van der Waals surface area contributed by atoms with Crippen LogP contribution in [0.1, 0.15) is 22.8 Å². The van der Waals surface area contributed by atoms with Crippen LogP contribution in [0, 0.1) is 0 Å². The first-order valence-corrected chi connectivity index (χ1v) is 6.02. The molecule has 1 rings (SSSR count). The van der Waals surface area contributed by atoms with Crippen LogP contribution >= 0.6 is 24.8 Å². The van der Waals surface area contributed by atoms with E-state index in [2.05, 4.69) is 10.6 Å². The molecule has 1 aromatic rings. The number of nitrogens with one attached hydrogen (secondary N) is 2. The molecule has 0 bridgehead atoms. The lowest BCUT2D eigenvalue weighted by Crippen LogP contribution is -2.31. The Labute approximate surface area is 131 Å². The molecule has 4 N–H and O–H groups in total. The monoisotopic (exact) mass is 324 g/mol. The summed E-state index contributed by atoms with van der Waals surface area (Å²) in [6, 6.07) is 6.96. The molecule has 20 heavy (non-hydrogen) atoms. The molecular formula is C13H22Cl2N2O3. The van der Waals surface area contributed by atoms with Gasteiger partial charge in [0.15, 0.2) is 0 Å². The zero-order valence-electron chi connectivity index (χ0n) is 11.3. The van der Waals surface area contributed by atoms with E-state index in [1.807, 2.05) is 6.07 Å². The third kappa shape index (κ3) is 8.35. The van der Waals surface area contributed by atoms with Gasteiger partial charge < -0.3 is 20.8 Å². The van der Waals surface area contributed by atoms with Crippen molar-refractivity contribution >= 4 is 30.8 Å². The molecule has 0 amide bonds. The van der Waals surface area contributed by atoms with Gasteiger partial charge in [0.1, 0.15) is 0 Å². The summed E-state index contributed by atoms with van der Waals surface area (Å²) in [5, 5.41) is 24.3. The minimum atomic E-state index is -0.903. The van der Waals surface area contributed by atoms with Crippen molar-refractivity contribution in [3.8, 4) is 0 Å². The molecular weight excluding hydrogens is 303 g/mol. The molecule has 7 heteroatoms. The van der Waals surface area contributed by atoms with Gasteiger partial charge in [-0.3, -0.25) is 0 Å². The van der Waals surface area contributed by atoms with Crippen LogP contribution in [0.15, 0.2) is 24.3 Å². The van der Waals surface area contributed by atoms with E-state index in [0.717, 1.165) is 18.7 Å². The normalized spacial score (nSPS) is 11.1. The maximum atomic E-state index is 11.0. The van der Waals surface area contributed by atoms with Gasteiger partial charge in [0.25, 0.3) is 0 Å². The summed E-state index contributed by atoms with van der Waals surface area (Å²) >= 11 is 0. The molecule has 0 fully saturated rings. The fraction of sp³-hybridized carbons (Fsp3) is 0.462. The predicted octanol–water partition coefficient (Wildman–Crippen LogP) is 1.29. The van der Waals surface area contributed by atoms with Gasteiger partial charge in [-0.2, -0.15) is 0 Å². The molecule has 0 aromatic heterocycles. The fourth-order valence-corrected chi connectivity index (χ4v) is 1.59. The standard InChI is InChI=1S/C13H20N2O3.2ClH/c1-10(16)8-14-6-7-15-9-11-4-2-3-5-12(11)13(17)18;;/h2-5,10,14-16H,6-9H2,1H3,(H,17,18);2*1H. The number of aliphatic hydroxyl groups excluding tert-OH is 1. The highest BCUT2D eigenvalue weighted by Gasteiger charge is 2.07. The number of carboxylic acid groups (broad SMARTS) is 1. The Morgan fingerprint density at radius 1 is 1.20 bits per heavy atom. The first-order chi connectivity index (χ1) is 8.61. The average Bonchev–Trinajstić information content (AvgIpc) is 2.33. The topological polar surface area (TPSA) is 81.6 Å². The molecule has 0 saturated carbocycles. The Morgan fingerprint density at radius 2 is 1.80 bits per heavy atom. The van der Waals surface area contributed by atoms with Crippen molar-refractivity contribution in [3.63, 3.8) is 0 Å². The molecule has 5 nitrogen and oxygen atoms in total. The van der Waals surface area contributed by atoms with E-state index >= 15 is 0 Å². The Bertz CT molecular complexity index is 390. The van der Waals surface area contributed by atoms with E-state index in [-0.39, 0.29) is 30.9 Å². The van der Waals surface area contributed by atoms with Crippen LogP contribution in [0.4, 0.5) is 0 Å². The molecule has 1 atom stereocenters. The molecule has 116 valence electrons. The number of aromatic carboxylic acids is 1. The van der Waals surface area contributed by atoms with Gasteiger partial charge in [-0.25, -0.2) is 4.79 Å². The van der Waals surface area contributed by atoms with E-state index in [4.69, 9.17) is 10.2 Å². The Kier molecular flexibility index (Phi) is 12.8. The Morgan fingerprint density at radius 3 is 2.40 bits per heavy atom. The van der Waals surface area contributed by atoms with Crippen LogP contribution in [0.5, 0.6) is 0 Å². The molecule has 1 unspecified atom stereocenters. The molecule has 0 saturated heterocycles. The van der Waals surface area contributed by atoms with E-state index in [9.17, 15) is 4.79 Å².